The molecule has 3 saturated heterocycles. The Labute approximate surface area is 282 Å². The maximum atomic E-state index is 14.9. The summed E-state index contributed by atoms with van der Waals surface area (Å²) < 4.78 is 5.57. The molecule has 5 rings (SSSR count). The molecule has 3 amide bonds. The van der Waals surface area contributed by atoms with Crippen LogP contribution in [0.25, 0.3) is 0 Å². The number of hydrogen-bond acceptors (Lipinski definition) is 5. The number of ether oxygens (including phenoxy) is 1. The Balaban J connectivity index is 1.48. The van der Waals surface area contributed by atoms with Crippen LogP contribution in [-0.4, -0.2) is 107 Å². The van der Waals surface area contributed by atoms with Gasteiger partial charge in [-0.25, -0.2) is 0 Å². The molecule has 5 atom stereocenters. The largest absolute Gasteiger partial charge is 0.378 e. The van der Waals surface area contributed by atoms with Gasteiger partial charge in [0.05, 0.1) is 25.2 Å². The third-order valence-electron chi connectivity index (χ3n) is 11.3. The van der Waals surface area contributed by atoms with Crippen molar-refractivity contribution in [2.45, 2.75) is 116 Å². The zero-order valence-corrected chi connectivity index (χ0v) is 29.8. The fourth-order valence-electron chi connectivity index (χ4n) is 8.12. The second kappa shape index (κ2) is 14.9. The molecular weight excluding hydrogens is 600 g/mol. The highest BCUT2D eigenvalue weighted by Crippen LogP contribution is 2.40. The van der Waals surface area contributed by atoms with Gasteiger partial charge in [-0.1, -0.05) is 50.9 Å². The lowest BCUT2D eigenvalue weighted by atomic mass is 9.85. The molecule has 256 valence electrons. The predicted molar refractivity (Wildman–Crippen MR) is 183 cm³/mol. The van der Waals surface area contributed by atoms with Gasteiger partial charge in [0.25, 0.3) is 0 Å². The van der Waals surface area contributed by atoms with Crippen LogP contribution in [0.2, 0.25) is 5.02 Å². The number of amides is 3. The lowest BCUT2D eigenvalue weighted by Gasteiger charge is -2.40. The summed E-state index contributed by atoms with van der Waals surface area (Å²) in [5, 5.41) is 0.676. The quantitative estimate of drug-likeness (QED) is 0.352. The zero-order chi connectivity index (χ0) is 33.2. The highest BCUT2D eigenvalue weighted by molar-refractivity contribution is 6.30. The average Bonchev–Trinajstić information content (AvgIpc) is 3.68. The van der Waals surface area contributed by atoms with Crippen molar-refractivity contribution < 1.29 is 19.1 Å². The topological polar surface area (TPSA) is 73.4 Å². The summed E-state index contributed by atoms with van der Waals surface area (Å²) >= 11 is 6.26. The minimum absolute atomic E-state index is 0.000501. The zero-order valence-electron chi connectivity index (χ0n) is 29.1. The van der Waals surface area contributed by atoms with Gasteiger partial charge in [0, 0.05) is 61.7 Å². The standard InChI is InChI=1S/C37H57ClN4O4/c1-7-25(2)20-34(43)42(29-14-8-26(3)9-15-29)30-21-33(36(45)39-16-18-46-19-17-39)41(22-30)35(44)32-24-40(37(4,5)6)23-31(32)27-10-12-28(38)13-11-27/h10-13,25-26,29-33H,7-9,14-24H2,1-6H3/t25?,26?,29?,30-,31-,32+,33-/m0/s1. The van der Waals surface area contributed by atoms with E-state index in [2.05, 4.69) is 51.3 Å². The molecule has 9 heteroatoms. The van der Waals surface area contributed by atoms with E-state index in [-0.39, 0.29) is 47.2 Å². The number of likely N-dealkylation sites (tertiary alicyclic amines) is 2. The second-order valence-electron chi connectivity index (χ2n) is 15.6. The molecular formula is C37H57ClN4O4. The van der Waals surface area contributed by atoms with Crippen molar-refractivity contribution in [1.82, 2.24) is 19.6 Å². The number of benzene rings is 1. The molecule has 0 aromatic heterocycles. The molecule has 0 N–H and O–H groups in total. The van der Waals surface area contributed by atoms with E-state index in [0.29, 0.717) is 69.1 Å². The van der Waals surface area contributed by atoms with Gasteiger partial charge in [-0.2, -0.15) is 0 Å². The van der Waals surface area contributed by atoms with Crippen molar-refractivity contribution in [1.29, 1.82) is 0 Å². The number of carbonyl (C=O) groups excluding carboxylic acids is 3. The Bertz CT molecular complexity index is 1200. The second-order valence-corrected chi connectivity index (χ2v) is 16.0. The van der Waals surface area contributed by atoms with Crippen molar-refractivity contribution in [3.8, 4) is 0 Å². The molecule has 1 unspecified atom stereocenters. The van der Waals surface area contributed by atoms with E-state index >= 15 is 0 Å². The lowest BCUT2D eigenvalue weighted by molar-refractivity contribution is -0.148. The van der Waals surface area contributed by atoms with Crippen LogP contribution in [-0.2, 0) is 19.1 Å². The average molecular weight is 657 g/mol. The SMILES string of the molecule is CCC(C)CC(=O)N(C1CCC(C)CC1)[C@H]1C[C@@H](C(=O)N2CCOCC2)N(C(=O)[C@@H]2CN(C(C)(C)C)C[C@H]2c2ccc(Cl)cc2)C1. The highest BCUT2D eigenvalue weighted by atomic mass is 35.5. The summed E-state index contributed by atoms with van der Waals surface area (Å²) in [6.45, 7) is 17.1. The number of rotatable bonds is 8. The molecule has 1 aromatic rings. The maximum Gasteiger partial charge on any atom is 0.245 e. The summed E-state index contributed by atoms with van der Waals surface area (Å²) in [6, 6.07) is 7.32. The number of morpholine rings is 1. The Morgan fingerprint density at radius 2 is 1.61 bits per heavy atom. The van der Waals surface area contributed by atoms with Crippen molar-refractivity contribution in [2.75, 3.05) is 45.9 Å². The van der Waals surface area contributed by atoms with E-state index < -0.39 is 6.04 Å². The third kappa shape index (κ3) is 7.92. The van der Waals surface area contributed by atoms with Crippen LogP contribution in [0.4, 0.5) is 0 Å². The first-order chi connectivity index (χ1) is 21.9. The molecule has 46 heavy (non-hydrogen) atoms. The fourth-order valence-corrected chi connectivity index (χ4v) is 8.25. The minimum atomic E-state index is -0.577. The van der Waals surface area contributed by atoms with Crippen LogP contribution in [0.1, 0.15) is 98.0 Å². The minimum Gasteiger partial charge on any atom is -0.378 e. The van der Waals surface area contributed by atoms with Crippen LogP contribution in [0, 0.1) is 17.8 Å². The number of hydrogen-bond donors (Lipinski definition) is 0. The lowest BCUT2D eigenvalue weighted by Crippen LogP contribution is -2.52. The Morgan fingerprint density at radius 1 is 0.957 bits per heavy atom. The van der Waals surface area contributed by atoms with Gasteiger partial charge in [0.1, 0.15) is 6.04 Å². The summed E-state index contributed by atoms with van der Waals surface area (Å²) in [6.07, 6.45) is 6.15. The van der Waals surface area contributed by atoms with Crippen LogP contribution in [0.5, 0.6) is 0 Å². The molecule has 1 aromatic carbocycles. The van der Waals surface area contributed by atoms with Gasteiger partial charge in [0.15, 0.2) is 0 Å². The third-order valence-corrected chi connectivity index (χ3v) is 11.6. The van der Waals surface area contributed by atoms with Gasteiger partial charge >= 0.3 is 0 Å². The van der Waals surface area contributed by atoms with E-state index in [1.54, 1.807) is 0 Å². The molecule has 0 radical (unpaired) electrons. The van der Waals surface area contributed by atoms with Crippen LogP contribution >= 0.6 is 11.6 Å². The molecule has 0 bridgehead atoms. The van der Waals surface area contributed by atoms with Crippen molar-refractivity contribution >= 4 is 29.3 Å². The van der Waals surface area contributed by atoms with Gasteiger partial charge in [-0.05, 0) is 82.4 Å². The molecule has 0 spiro atoms. The van der Waals surface area contributed by atoms with Crippen LogP contribution < -0.4 is 0 Å². The van der Waals surface area contributed by atoms with Gasteiger partial charge < -0.3 is 19.4 Å². The first kappa shape index (κ1) is 35.2. The number of carbonyl (C=O) groups is 3. The molecule has 1 saturated carbocycles. The molecule has 3 heterocycles. The summed E-state index contributed by atoms with van der Waals surface area (Å²) in [4.78, 5) is 51.6. The molecule has 3 aliphatic heterocycles. The molecule has 4 aliphatic rings. The van der Waals surface area contributed by atoms with E-state index in [1.807, 2.05) is 34.1 Å². The van der Waals surface area contributed by atoms with Gasteiger partial charge in [0.2, 0.25) is 17.7 Å². The molecule has 8 nitrogen and oxygen atoms in total. The van der Waals surface area contributed by atoms with Crippen molar-refractivity contribution in [3.05, 3.63) is 34.9 Å². The van der Waals surface area contributed by atoms with Crippen molar-refractivity contribution in [2.24, 2.45) is 17.8 Å². The Kier molecular flexibility index (Phi) is 11.4. The fraction of sp³-hybridized carbons (Fsp3) is 0.757. The Morgan fingerprint density at radius 3 is 2.22 bits per heavy atom. The van der Waals surface area contributed by atoms with Crippen LogP contribution in [0.3, 0.4) is 0 Å². The highest BCUT2D eigenvalue weighted by Gasteiger charge is 2.50. The summed E-state index contributed by atoms with van der Waals surface area (Å²) in [5.41, 5.74) is 0.996. The molecule has 1 aliphatic carbocycles. The van der Waals surface area contributed by atoms with Gasteiger partial charge in [-0.3, -0.25) is 19.3 Å². The van der Waals surface area contributed by atoms with E-state index in [4.69, 9.17) is 16.3 Å². The summed E-state index contributed by atoms with van der Waals surface area (Å²) in [5.74, 6) is 0.878. The van der Waals surface area contributed by atoms with E-state index in [0.717, 1.165) is 44.2 Å². The molecule has 4 fully saturated rings. The van der Waals surface area contributed by atoms with E-state index in [9.17, 15) is 14.4 Å². The normalized spacial score (nSPS) is 30.0. The summed E-state index contributed by atoms with van der Waals surface area (Å²) in [7, 11) is 0. The predicted octanol–water partition coefficient (Wildman–Crippen LogP) is 5.83. The Hall–Kier alpha value is -2.16. The maximum absolute atomic E-state index is 14.9. The van der Waals surface area contributed by atoms with E-state index in [1.165, 1.54) is 0 Å². The van der Waals surface area contributed by atoms with Gasteiger partial charge in [-0.15, -0.1) is 0 Å². The monoisotopic (exact) mass is 656 g/mol. The van der Waals surface area contributed by atoms with Crippen molar-refractivity contribution in [3.63, 3.8) is 0 Å². The smallest absolute Gasteiger partial charge is 0.245 e. The number of nitrogens with zero attached hydrogens (tertiary/aromatic N) is 4. The first-order valence-electron chi connectivity index (χ1n) is 17.9. The number of halogens is 1. The van der Waals surface area contributed by atoms with Crippen LogP contribution in [0.15, 0.2) is 24.3 Å². The first-order valence-corrected chi connectivity index (χ1v) is 18.2.